The van der Waals surface area contributed by atoms with E-state index >= 15 is 0 Å². The number of hydrogen-bond acceptors (Lipinski definition) is 2. The van der Waals surface area contributed by atoms with Crippen molar-refractivity contribution in [3.8, 4) is 0 Å². The van der Waals surface area contributed by atoms with Crippen molar-refractivity contribution in [3.63, 3.8) is 0 Å². The summed E-state index contributed by atoms with van der Waals surface area (Å²) in [4.78, 5) is 27.9. The van der Waals surface area contributed by atoms with E-state index in [-0.39, 0.29) is 5.91 Å². The van der Waals surface area contributed by atoms with Crippen molar-refractivity contribution in [2.75, 3.05) is 4.90 Å². The lowest BCUT2D eigenvalue weighted by molar-refractivity contribution is -0.138. The molecule has 0 aliphatic carbocycles. The summed E-state index contributed by atoms with van der Waals surface area (Å²) in [5.74, 6) is -1.31. The van der Waals surface area contributed by atoms with Crippen LogP contribution in [0.1, 0.15) is 16.1 Å². The molecule has 5 nitrogen and oxygen atoms in total. The maximum Gasteiger partial charge on any atom is 0.327 e. The molecule has 1 aromatic carbocycles. The number of rotatable bonds is 2. The van der Waals surface area contributed by atoms with Gasteiger partial charge in [-0.05, 0) is 23.8 Å². The van der Waals surface area contributed by atoms with E-state index in [1.807, 2.05) is 12.1 Å². The Balaban J connectivity index is 2.05. The van der Waals surface area contributed by atoms with E-state index in [1.54, 1.807) is 30.5 Å². The van der Waals surface area contributed by atoms with Gasteiger partial charge in [0.25, 0.3) is 5.91 Å². The van der Waals surface area contributed by atoms with E-state index in [9.17, 15) is 14.7 Å². The van der Waals surface area contributed by atoms with Gasteiger partial charge < -0.3 is 10.1 Å². The fourth-order valence-electron chi connectivity index (χ4n) is 2.43. The van der Waals surface area contributed by atoms with Crippen molar-refractivity contribution in [2.45, 2.75) is 12.5 Å². The van der Waals surface area contributed by atoms with Crippen LogP contribution in [0.4, 0.5) is 5.69 Å². The molecule has 1 amide bonds. The quantitative estimate of drug-likeness (QED) is 0.858. The van der Waals surface area contributed by atoms with Gasteiger partial charge >= 0.3 is 5.97 Å². The fourth-order valence-corrected chi connectivity index (χ4v) is 2.43. The highest BCUT2D eigenvalue weighted by Crippen LogP contribution is 2.33. The van der Waals surface area contributed by atoms with Gasteiger partial charge in [-0.25, -0.2) is 4.79 Å². The van der Waals surface area contributed by atoms with Crippen molar-refractivity contribution < 1.29 is 14.7 Å². The molecule has 2 aromatic rings. The minimum atomic E-state index is -0.990. The van der Waals surface area contributed by atoms with Crippen LogP contribution in [-0.4, -0.2) is 28.0 Å². The molecule has 2 N–H and O–H groups in total. The van der Waals surface area contributed by atoms with E-state index in [0.717, 1.165) is 5.56 Å². The summed E-state index contributed by atoms with van der Waals surface area (Å²) < 4.78 is 0. The standard InChI is InChI=1S/C14H12N2O3/c17-13(10-5-3-7-15-10)16-11-6-2-1-4-9(11)8-12(16)14(18)19/h1-7,12,15H,8H2,(H,18,19). The van der Waals surface area contributed by atoms with Crippen molar-refractivity contribution in [3.05, 3.63) is 53.9 Å². The lowest BCUT2D eigenvalue weighted by Crippen LogP contribution is -2.43. The van der Waals surface area contributed by atoms with Crippen LogP contribution in [0, 0.1) is 0 Å². The highest BCUT2D eigenvalue weighted by molar-refractivity contribution is 6.09. The SMILES string of the molecule is O=C(O)C1Cc2ccccc2N1C(=O)c1ccc[nH]1. The zero-order valence-corrected chi connectivity index (χ0v) is 10.0. The molecule has 5 heteroatoms. The van der Waals surface area contributed by atoms with Gasteiger partial charge in [0.15, 0.2) is 0 Å². The van der Waals surface area contributed by atoms with Gasteiger partial charge in [0.1, 0.15) is 11.7 Å². The van der Waals surface area contributed by atoms with E-state index < -0.39 is 12.0 Å². The van der Waals surface area contributed by atoms with Crippen LogP contribution in [-0.2, 0) is 11.2 Å². The predicted octanol–water partition coefficient (Wildman–Crippen LogP) is 1.67. The molecule has 0 bridgehead atoms. The topological polar surface area (TPSA) is 73.4 Å². The molecule has 0 fully saturated rings. The van der Waals surface area contributed by atoms with Gasteiger partial charge in [0.2, 0.25) is 0 Å². The Hall–Kier alpha value is -2.56. The number of fused-ring (bicyclic) bond motifs is 1. The first-order valence-electron chi connectivity index (χ1n) is 5.96. The molecule has 0 spiro atoms. The van der Waals surface area contributed by atoms with Gasteiger partial charge in [0, 0.05) is 18.3 Å². The zero-order chi connectivity index (χ0) is 13.4. The van der Waals surface area contributed by atoms with Gasteiger partial charge in [-0.15, -0.1) is 0 Å². The van der Waals surface area contributed by atoms with Crippen LogP contribution in [0.15, 0.2) is 42.6 Å². The lowest BCUT2D eigenvalue weighted by atomic mass is 10.1. The molecule has 0 saturated carbocycles. The van der Waals surface area contributed by atoms with Crippen LogP contribution < -0.4 is 4.90 Å². The second kappa shape index (κ2) is 4.28. The van der Waals surface area contributed by atoms with Gasteiger partial charge in [-0.1, -0.05) is 18.2 Å². The van der Waals surface area contributed by atoms with Crippen molar-refractivity contribution in [1.82, 2.24) is 4.98 Å². The Kier molecular flexibility index (Phi) is 2.59. The normalized spacial score (nSPS) is 17.3. The first-order chi connectivity index (χ1) is 9.18. The monoisotopic (exact) mass is 256 g/mol. The molecular formula is C14H12N2O3. The molecule has 1 unspecified atom stereocenters. The number of hydrogen-bond donors (Lipinski definition) is 2. The highest BCUT2D eigenvalue weighted by atomic mass is 16.4. The number of benzene rings is 1. The number of nitrogens with one attached hydrogen (secondary N) is 1. The molecule has 2 heterocycles. The van der Waals surface area contributed by atoms with Crippen LogP contribution in [0.2, 0.25) is 0 Å². The number of H-pyrrole nitrogens is 1. The minimum absolute atomic E-state index is 0.317. The average Bonchev–Trinajstić information content (AvgIpc) is 3.05. The number of amides is 1. The van der Waals surface area contributed by atoms with Crippen LogP contribution in [0.25, 0.3) is 0 Å². The molecule has 3 rings (SSSR count). The molecule has 1 aliphatic rings. The predicted molar refractivity (Wildman–Crippen MR) is 69.2 cm³/mol. The Labute approximate surface area is 109 Å². The number of carboxylic acid groups (broad SMARTS) is 1. The summed E-state index contributed by atoms with van der Waals surface area (Å²) in [6, 6.07) is 9.80. The first-order valence-corrected chi connectivity index (χ1v) is 5.96. The van der Waals surface area contributed by atoms with Crippen molar-refractivity contribution in [1.29, 1.82) is 0 Å². The molecule has 0 saturated heterocycles. The summed E-state index contributed by atoms with van der Waals surface area (Å²) in [7, 11) is 0. The van der Waals surface area contributed by atoms with Crippen molar-refractivity contribution in [2.24, 2.45) is 0 Å². The number of anilines is 1. The largest absolute Gasteiger partial charge is 0.480 e. The zero-order valence-electron chi connectivity index (χ0n) is 10.0. The Morgan fingerprint density at radius 1 is 1.21 bits per heavy atom. The number of para-hydroxylation sites is 1. The van der Waals surface area contributed by atoms with Crippen molar-refractivity contribution >= 4 is 17.6 Å². The van der Waals surface area contributed by atoms with E-state index in [4.69, 9.17) is 0 Å². The molecule has 96 valence electrons. The number of aliphatic carboxylic acids is 1. The smallest absolute Gasteiger partial charge is 0.327 e. The fraction of sp³-hybridized carbons (Fsp3) is 0.143. The van der Waals surface area contributed by atoms with E-state index in [0.29, 0.717) is 17.8 Å². The first kappa shape index (κ1) is 11.5. The second-order valence-electron chi connectivity index (χ2n) is 4.45. The molecule has 0 radical (unpaired) electrons. The lowest BCUT2D eigenvalue weighted by Gasteiger charge is -2.21. The maximum atomic E-state index is 12.4. The third-order valence-electron chi connectivity index (χ3n) is 3.31. The summed E-state index contributed by atoms with van der Waals surface area (Å²) in [6.45, 7) is 0. The van der Waals surface area contributed by atoms with Crippen LogP contribution in [0.5, 0.6) is 0 Å². The number of carbonyl (C=O) groups is 2. The van der Waals surface area contributed by atoms with Crippen LogP contribution in [0.3, 0.4) is 0 Å². The third kappa shape index (κ3) is 1.79. The number of nitrogens with zero attached hydrogens (tertiary/aromatic N) is 1. The molecule has 19 heavy (non-hydrogen) atoms. The summed E-state index contributed by atoms with van der Waals surface area (Å²) >= 11 is 0. The average molecular weight is 256 g/mol. The van der Waals surface area contributed by atoms with Gasteiger partial charge in [-0.3, -0.25) is 9.69 Å². The Morgan fingerprint density at radius 2 is 2.00 bits per heavy atom. The second-order valence-corrected chi connectivity index (χ2v) is 4.45. The minimum Gasteiger partial charge on any atom is -0.480 e. The van der Waals surface area contributed by atoms with E-state index in [1.165, 1.54) is 4.90 Å². The van der Waals surface area contributed by atoms with Crippen LogP contribution >= 0.6 is 0 Å². The third-order valence-corrected chi connectivity index (χ3v) is 3.31. The van der Waals surface area contributed by atoms with E-state index in [2.05, 4.69) is 4.98 Å². The summed E-state index contributed by atoms with van der Waals surface area (Å²) in [6.07, 6.45) is 1.99. The molecule has 1 aliphatic heterocycles. The number of aromatic amines is 1. The highest BCUT2D eigenvalue weighted by Gasteiger charge is 2.38. The molecule has 1 atom stereocenters. The Morgan fingerprint density at radius 3 is 2.68 bits per heavy atom. The maximum absolute atomic E-state index is 12.4. The molecule has 1 aromatic heterocycles. The number of aromatic nitrogens is 1. The Bertz CT molecular complexity index is 634. The molecular weight excluding hydrogens is 244 g/mol. The summed E-state index contributed by atoms with van der Waals surface area (Å²) in [5, 5.41) is 9.30. The number of carbonyl (C=O) groups excluding carboxylic acids is 1. The summed E-state index contributed by atoms with van der Waals surface area (Å²) in [5.41, 5.74) is 1.95. The van der Waals surface area contributed by atoms with Gasteiger partial charge in [-0.2, -0.15) is 0 Å². The number of carboxylic acids is 1. The van der Waals surface area contributed by atoms with Gasteiger partial charge in [0.05, 0.1) is 0 Å².